The third-order valence-corrected chi connectivity index (χ3v) is 0. The Hall–Kier alpha value is 0.603. The first-order chi connectivity index (χ1) is 2.00. The summed E-state index contributed by atoms with van der Waals surface area (Å²) in [5.74, 6) is 0. The van der Waals surface area contributed by atoms with E-state index in [-0.39, 0.29) is 26.2 Å². The molecule has 0 nitrogen and oxygen atoms in total. The minimum absolute atomic E-state index is 0. The Kier molecular flexibility index (Phi) is 4.44. The first-order valence-electron chi connectivity index (χ1n) is 0.756. The van der Waals surface area contributed by atoms with Crippen molar-refractivity contribution >= 4 is 0 Å². The van der Waals surface area contributed by atoms with Crippen LogP contribution in [-0.2, 0) is 0 Å². The van der Waals surface area contributed by atoms with E-state index in [2.05, 4.69) is 0 Å². The minimum atomic E-state index is -5.50. The second-order valence-corrected chi connectivity index (χ2v) is 0.429. The van der Waals surface area contributed by atoms with Crippen LogP contribution in [0.15, 0.2) is 0 Å². The van der Waals surface area contributed by atoms with Gasteiger partial charge in [-0.25, -0.2) is 0 Å². The monoisotopic (exact) mass is 299 g/mol. The van der Waals surface area contributed by atoms with Gasteiger partial charge >= 0.3 is 32.6 Å². The van der Waals surface area contributed by atoms with E-state index < -0.39 is 6.43 Å². The summed E-state index contributed by atoms with van der Waals surface area (Å²) >= 11 is 0. The van der Waals surface area contributed by atoms with E-state index in [1.165, 1.54) is 0 Å². The standard InChI is InChI=1S/CF4.AtH/c2-1(3,4)5;/h;1H. The van der Waals surface area contributed by atoms with Gasteiger partial charge in [-0.05, 0) is 0 Å². The molecular formula is CHAtF4. The van der Waals surface area contributed by atoms with Crippen molar-refractivity contribution in [2.45, 2.75) is 6.43 Å². The van der Waals surface area contributed by atoms with Crippen LogP contribution in [0.3, 0.4) is 0 Å². The molecule has 5 heteroatoms. The van der Waals surface area contributed by atoms with Gasteiger partial charge in [0, 0.05) is 0 Å². The molecular weight excluding hydrogens is 298 g/mol. The Balaban J connectivity index is 0. The molecule has 0 N–H and O–H groups in total. The van der Waals surface area contributed by atoms with Crippen molar-refractivity contribution in [2.75, 3.05) is 0 Å². The Bertz CT molecular complexity index is 23.0. The SMILES string of the molecule is FC(F)(F)F.[AtH]. The van der Waals surface area contributed by atoms with Gasteiger partial charge in [0.15, 0.2) is 0 Å². The summed E-state index contributed by atoms with van der Waals surface area (Å²) in [6, 6.07) is 0. The fourth-order valence-electron chi connectivity index (χ4n) is 0. The van der Waals surface area contributed by atoms with Crippen LogP contribution in [0.25, 0.3) is 0 Å². The van der Waals surface area contributed by atoms with Gasteiger partial charge in [-0.15, -0.1) is 17.6 Å². The predicted octanol–water partition coefficient (Wildman–Crippen LogP) is 1.21. The molecule has 0 aromatic carbocycles. The normalized spacial score (nSPS) is 10.0. The summed E-state index contributed by atoms with van der Waals surface area (Å²) in [5.41, 5.74) is 0. The van der Waals surface area contributed by atoms with Gasteiger partial charge in [-0.1, -0.05) is 0 Å². The Morgan fingerprint density at radius 2 is 0.833 bits per heavy atom. The topological polar surface area (TPSA) is 0 Å². The third-order valence-electron chi connectivity index (χ3n) is 0. The molecule has 0 unspecified atom stereocenters. The molecule has 0 aliphatic heterocycles. The number of halogens is 4. The fraction of sp³-hybridized carbons (Fsp3) is 1.00. The van der Waals surface area contributed by atoms with Crippen molar-refractivity contribution in [3.05, 3.63) is 0 Å². The Morgan fingerprint density at radius 3 is 0.833 bits per heavy atom. The zero-order valence-corrected chi connectivity index (χ0v) is 5.59. The zero-order chi connectivity index (χ0) is 4.50. The summed E-state index contributed by atoms with van der Waals surface area (Å²) < 4.78 is 38.8. The summed E-state index contributed by atoms with van der Waals surface area (Å²) in [6.45, 7) is 0. The molecule has 0 aliphatic rings. The van der Waals surface area contributed by atoms with Crippen LogP contribution in [0.2, 0.25) is 0 Å². The molecule has 0 amide bonds. The van der Waals surface area contributed by atoms with Gasteiger partial charge in [0.25, 0.3) is 0 Å². The summed E-state index contributed by atoms with van der Waals surface area (Å²) in [7, 11) is 0. The van der Waals surface area contributed by atoms with E-state index in [4.69, 9.17) is 0 Å². The average Bonchev–Trinajstić information content (AvgIpc) is 0.722. The van der Waals surface area contributed by atoms with Crippen LogP contribution < -0.4 is 0 Å². The molecule has 0 fully saturated rings. The molecule has 0 radical (unpaired) electrons. The molecule has 0 bridgehead atoms. The summed E-state index contributed by atoms with van der Waals surface area (Å²) in [6.07, 6.45) is -5.50. The van der Waals surface area contributed by atoms with Crippen LogP contribution in [0.4, 0.5) is 17.6 Å². The van der Waals surface area contributed by atoms with Crippen molar-refractivity contribution in [2.24, 2.45) is 0 Å². The average molecular weight is 299 g/mol. The molecule has 0 aliphatic carbocycles. The zero-order valence-electron chi connectivity index (χ0n) is 2.42. The van der Waals surface area contributed by atoms with Crippen molar-refractivity contribution in [3.63, 3.8) is 0 Å². The van der Waals surface area contributed by atoms with Crippen LogP contribution in [0, 0.1) is 26.2 Å². The molecule has 0 atom stereocenters. The fourth-order valence-corrected chi connectivity index (χ4v) is 0. The molecule has 0 aromatic heterocycles. The van der Waals surface area contributed by atoms with Crippen molar-refractivity contribution in [1.82, 2.24) is 0 Å². The first-order valence-corrected chi connectivity index (χ1v) is 0.756. The van der Waals surface area contributed by atoms with Crippen LogP contribution in [0.5, 0.6) is 0 Å². The van der Waals surface area contributed by atoms with Crippen LogP contribution >= 0.6 is 0 Å². The summed E-state index contributed by atoms with van der Waals surface area (Å²) in [5, 5.41) is 0. The Labute approximate surface area is 50.6 Å². The van der Waals surface area contributed by atoms with Crippen molar-refractivity contribution in [1.29, 1.82) is 0 Å². The molecule has 40 valence electrons. The quantitative estimate of drug-likeness (QED) is 0.590. The van der Waals surface area contributed by atoms with Gasteiger partial charge in [0.2, 0.25) is 0 Å². The van der Waals surface area contributed by atoms with E-state index >= 15 is 0 Å². The number of rotatable bonds is 0. The summed E-state index contributed by atoms with van der Waals surface area (Å²) in [4.78, 5) is 0. The van der Waals surface area contributed by atoms with Crippen LogP contribution in [-0.4, -0.2) is 6.43 Å². The number of alkyl halides is 4. The Morgan fingerprint density at radius 1 is 0.833 bits per heavy atom. The van der Waals surface area contributed by atoms with E-state index in [1.807, 2.05) is 0 Å². The molecule has 0 rings (SSSR count). The van der Waals surface area contributed by atoms with E-state index in [1.54, 1.807) is 0 Å². The van der Waals surface area contributed by atoms with Gasteiger partial charge in [0.1, 0.15) is 0 Å². The van der Waals surface area contributed by atoms with Gasteiger partial charge in [-0.3, -0.25) is 0 Å². The second kappa shape index (κ2) is 2.72. The van der Waals surface area contributed by atoms with E-state index in [0.717, 1.165) is 0 Å². The maximum absolute atomic E-state index is 9.69. The van der Waals surface area contributed by atoms with E-state index in [0.29, 0.717) is 0 Å². The van der Waals surface area contributed by atoms with Gasteiger partial charge in [0.05, 0.1) is 0 Å². The first kappa shape index (κ1) is 9.78. The van der Waals surface area contributed by atoms with Crippen molar-refractivity contribution in [3.8, 4) is 0 Å². The van der Waals surface area contributed by atoms with E-state index in [9.17, 15) is 17.6 Å². The molecule has 6 heavy (non-hydrogen) atoms. The number of hydrogen-bond donors (Lipinski definition) is 0. The molecule has 0 spiro atoms. The molecule has 0 saturated heterocycles. The molecule has 0 aromatic rings. The van der Waals surface area contributed by atoms with Gasteiger partial charge in [-0.2, -0.15) is 0 Å². The third kappa shape index (κ3) is 164. The molecule has 0 heterocycles. The predicted molar refractivity (Wildman–Crippen MR) is 8.56 cm³/mol. The molecule has 0 saturated carbocycles. The maximum atomic E-state index is 9.69. The number of hydrogen-bond acceptors (Lipinski definition) is 0. The van der Waals surface area contributed by atoms with Crippen molar-refractivity contribution < 1.29 is 43.8 Å². The second-order valence-electron chi connectivity index (χ2n) is 0.429. The van der Waals surface area contributed by atoms with Crippen LogP contribution in [0.1, 0.15) is 0 Å². The van der Waals surface area contributed by atoms with Gasteiger partial charge < -0.3 is 0 Å².